The van der Waals surface area contributed by atoms with Gasteiger partial charge in [0.05, 0.1) is 17.9 Å². The number of benzene rings is 1. The van der Waals surface area contributed by atoms with Crippen LogP contribution in [0.3, 0.4) is 0 Å². The van der Waals surface area contributed by atoms with Crippen LogP contribution in [0.1, 0.15) is 23.9 Å². The van der Waals surface area contributed by atoms with Crippen molar-refractivity contribution < 1.29 is 14.3 Å². The van der Waals surface area contributed by atoms with Gasteiger partial charge in [-0.05, 0) is 51.5 Å². The van der Waals surface area contributed by atoms with E-state index in [4.69, 9.17) is 4.74 Å². The molecule has 1 aliphatic rings. The molecule has 2 aromatic rings. The average Bonchev–Trinajstić information content (AvgIpc) is 2.86. The van der Waals surface area contributed by atoms with Gasteiger partial charge in [-0.1, -0.05) is 6.07 Å². The van der Waals surface area contributed by atoms with E-state index in [0.717, 1.165) is 17.0 Å². The predicted molar refractivity (Wildman–Crippen MR) is 93.6 cm³/mol. The molecule has 1 aromatic carbocycles. The maximum absolute atomic E-state index is 12.6. The molecule has 2 heterocycles. The highest BCUT2D eigenvalue weighted by Crippen LogP contribution is 2.34. The maximum atomic E-state index is 12.6. The van der Waals surface area contributed by atoms with Gasteiger partial charge in [0.1, 0.15) is 5.75 Å². The van der Waals surface area contributed by atoms with Crippen LogP contribution >= 0.6 is 0 Å². The molecule has 1 unspecified atom stereocenters. The van der Waals surface area contributed by atoms with Crippen LogP contribution in [0.2, 0.25) is 0 Å². The van der Waals surface area contributed by atoms with Gasteiger partial charge in [-0.25, -0.2) is 0 Å². The van der Waals surface area contributed by atoms with Crippen LogP contribution < -0.4 is 15.4 Å². The van der Waals surface area contributed by atoms with Crippen LogP contribution in [0.15, 0.2) is 24.3 Å². The topological polar surface area (TPSA) is 85.3 Å². The van der Waals surface area contributed by atoms with Crippen LogP contribution in [0.4, 0.5) is 5.69 Å². The molecular weight excluding hydrogens is 320 g/mol. The van der Waals surface area contributed by atoms with Crippen molar-refractivity contribution in [2.45, 2.75) is 39.8 Å². The highest BCUT2D eigenvalue weighted by Gasteiger charge is 2.47. The zero-order chi connectivity index (χ0) is 18.2. The van der Waals surface area contributed by atoms with E-state index >= 15 is 0 Å². The number of carbonyl (C=O) groups is 2. The summed E-state index contributed by atoms with van der Waals surface area (Å²) in [5.41, 5.74) is 1.93. The molecule has 1 atom stereocenters. The quantitative estimate of drug-likeness (QED) is 0.829. The number of amides is 2. The fourth-order valence-corrected chi connectivity index (χ4v) is 2.83. The summed E-state index contributed by atoms with van der Waals surface area (Å²) in [6, 6.07) is 7.41. The molecule has 2 N–H and O–H groups in total. The molecule has 7 heteroatoms. The minimum Gasteiger partial charge on any atom is -0.466 e. The normalized spacial score (nSPS) is 19.0. The zero-order valence-corrected chi connectivity index (χ0v) is 14.8. The van der Waals surface area contributed by atoms with E-state index in [9.17, 15) is 9.59 Å². The fraction of sp³-hybridized carbons (Fsp3) is 0.389. The lowest BCUT2D eigenvalue weighted by Crippen LogP contribution is -2.59. The van der Waals surface area contributed by atoms with Crippen LogP contribution in [0.25, 0.3) is 0 Å². The number of rotatable bonds is 4. The van der Waals surface area contributed by atoms with Crippen LogP contribution in [0, 0.1) is 20.8 Å². The van der Waals surface area contributed by atoms with E-state index in [1.807, 2.05) is 43.7 Å². The maximum Gasteiger partial charge on any atom is 0.278 e. The lowest BCUT2D eigenvalue weighted by atomic mass is 10.0. The summed E-state index contributed by atoms with van der Waals surface area (Å²) in [6.45, 7) is 8.16. The summed E-state index contributed by atoms with van der Waals surface area (Å²) in [5, 5.41) is 9.86. The number of carbonyl (C=O) groups excluding carboxylic acids is 2. The molecule has 0 saturated carbocycles. The molecule has 132 valence electrons. The number of hydrogen-bond donors (Lipinski definition) is 2. The van der Waals surface area contributed by atoms with Gasteiger partial charge in [-0.15, -0.1) is 0 Å². The average molecular weight is 342 g/mol. The predicted octanol–water partition coefficient (Wildman–Crippen LogP) is 1.71. The largest absolute Gasteiger partial charge is 0.466 e. The molecule has 0 fully saturated rings. The van der Waals surface area contributed by atoms with Crippen molar-refractivity contribution in [1.29, 1.82) is 0 Å². The van der Waals surface area contributed by atoms with E-state index in [1.165, 1.54) is 6.92 Å². The number of hydrogen-bond acceptors (Lipinski definition) is 4. The first-order valence-electron chi connectivity index (χ1n) is 8.20. The molecule has 0 radical (unpaired) electrons. The highest BCUT2D eigenvalue weighted by molar-refractivity contribution is 6.15. The summed E-state index contributed by atoms with van der Waals surface area (Å²) in [5.74, 6) is -0.464. The second-order valence-corrected chi connectivity index (χ2v) is 6.50. The van der Waals surface area contributed by atoms with Gasteiger partial charge in [0.2, 0.25) is 0 Å². The Morgan fingerprint density at radius 2 is 2.08 bits per heavy atom. The Morgan fingerprint density at radius 3 is 2.76 bits per heavy atom. The Labute approximate surface area is 146 Å². The molecular formula is C18H22N4O3. The van der Waals surface area contributed by atoms with E-state index < -0.39 is 17.4 Å². The summed E-state index contributed by atoms with van der Waals surface area (Å²) in [7, 11) is 0. The van der Waals surface area contributed by atoms with Gasteiger partial charge < -0.3 is 15.4 Å². The second kappa shape index (κ2) is 6.23. The third-order valence-corrected chi connectivity index (χ3v) is 4.28. The van der Waals surface area contributed by atoms with E-state index in [1.54, 1.807) is 6.07 Å². The Morgan fingerprint density at radius 1 is 1.32 bits per heavy atom. The van der Waals surface area contributed by atoms with Crippen LogP contribution in [-0.4, -0.2) is 33.7 Å². The van der Waals surface area contributed by atoms with Crippen molar-refractivity contribution in [2.24, 2.45) is 0 Å². The number of aryl methyl sites for hydroxylation is 3. The molecule has 0 aliphatic carbocycles. The lowest BCUT2D eigenvalue weighted by molar-refractivity contribution is -0.146. The molecule has 1 aliphatic heterocycles. The number of ether oxygens (including phenoxy) is 1. The van der Waals surface area contributed by atoms with E-state index in [0.29, 0.717) is 24.5 Å². The Kier molecular flexibility index (Phi) is 4.24. The molecule has 0 spiro atoms. The van der Waals surface area contributed by atoms with Crippen molar-refractivity contribution in [3.63, 3.8) is 0 Å². The summed E-state index contributed by atoms with van der Waals surface area (Å²) < 4.78 is 7.55. The van der Waals surface area contributed by atoms with Gasteiger partial charge in [0, 0.05) is 12.2 Å². The van der Waals surface area contributed by atoms with Crippen molar-refractivity contribution >= 4 is 17.5 Å². The van der Waals surface area contributed by atoms with Crippen molar-refractivity contribution in [1.82, 2.24) is 15.1 Å². The molecule has 0 saturated heterocycles. The van der Waals surface area contributed by atoms with Crippen molar-refractivity contribution in [3.8, 4) is 5.75 Å². The minimum atomic E-state index is -1.60. The SMILES string of the molecule is Cc1ccc2c(c1)NC(=O)C(C)(C(=O)NCCn1nc(C)cc1C)O2. The molecule has 3 rings (SSSR count). The monoisotopic (exact) mass is 342 g/mol. The lowest BCUT2D eigenvalue weighted by Gasteiger charge is -2.33. The fourth-order valence-electron chi connectivity index (χ4n) is 2.83. The van der Waals surface area contributed by atoms with Gasteiger partial charge in [0.25, 0.3) is 17.4 Å². The summed E-state index contributed by atoms with van der Waals surface area (Å²) in [6.07, 6.45) is 0. The van der Waals surface area contributed by atoms with Crippen LogP contribution in [-0.2, 0) is 16.1 Å². The van der Waals surface area contributed by atoms with Crippen LogP contribution in [0.5, 0.6) is 5.75 Å². The van der Waals surface area contributed by atoms with Gasteiger partial charge in [0.15, 0.2) is 0 Å². The molecule has 1 aromatic heterocycles. The summed E-state index contributed by atoms with van der Waals surface area (Å²) >= 11 is 0. The molecule has 2 amide bonds. The van der Waals surface area contributed by atoms with Gasteiger partial charge >= 0.3 is 0 Å². The highest BCUT2D eigenvalue weighted by atomic mass is 16.5. The third-order valence-electron chi connectivity index (χ3n) is 4.28. The number of nitrogens with one attached hydrogen (secondary N) is 2. The molecule has 0 bridgehead atoms. The van der Waals surface area contributed by atoms with E-state index in [2.05, 4.69) is 15.7 Å². The Bertz CT molecular complexity index is 843. The number of anilines is 1. The number of nitrogens with zero attached hydrogens (tertiary/aromatic N) is 2. The molecule has 7 nitrogen and oxygen atoms in total. The van der Waals surface area contributed by atoms with Gasteiger partial charge in [-0.2, -0.15) is 5.10 Å². The van der Waals surface area contributed by atoms with Gasteiger partial charge in [-0.3, -0.25) is 14.3 Å². The minimum absolute atomic E-state index is 0.355. The first kappa shape index (κ1) is 17.0. The zero-order valence-electron chi connectivity index (χ0n) is 14.8. The standard InChI is InChI=1S/C18H22N4O3/c1-11-5-6-15-14(9-11)20-17(24)18(4,25-15)16(23)19-7-8-22-13(3)10-12(2)21-22/h5-6,9-10H,7-8H2,1-4H3,(H,19,23)(H,20,24). The molecule has 25 heavy (non-hydrogen) atoms. The van der Waals surface area contributed by atoms with Crippen molar-refractivity contribution in [3.05, 3.63) is 41.2 Å². The Balaban J connectivity index is 1.67. The summed E-state index contributed by atoms with van der Waals surface area (Å²) in [4.78, 5) is 25.0. The smallest absolute Gasteiger partial charge is 0.278 e. The second-order valence-electron chi connectivity index (χ2n) is 6.50. The number of fused-ring (bicyclic) bond motifs is 1. The number of aromatic nitrogens is 2. The Hall–Kier alpha value is -2.83. The first-order chi connectivity index (χ1) is 11.8. The third kappa shape index (κ3) is 3.22. The first-order valence-corrected chi connectivity index (χ1v) is 8.20. The van der Waals surface area contributed by atoms with E-state index in [-0.39, 0.29) is 0 Å². The van der Waals surface area contributed by atoms with Crippen molar-refractivity contribution in [2.75, 3.05) is 11.9 Å².